The van der Waals surface area contributed by atoms with Gasteiger partial charge in [-0.25, -0.2) is 4.79 Å². The molecule has 1 amide bonds. The maximum Gasteiger partial charge on any atom is 0.328 e. The molecule has 1 aromatic heterocycles. The molecule has 1 atom stereocenters. The van der Waals surface area contributed by atoms with E-state index < -0.39 is 12.0 Å². The number of ether oxygens (including phenoxy) is 2. The molecule has 0 aliphatic carbocycles. The van der Waals surface area contributed by atoms with Crippen molar-refractivity contribution in [3.8, 4) is 16.9 Å². The van der Waals surface area contributed by atoms with Crippen LogP contribution in [0.5, 0.6) is 5.75 Å². The van der Waals surface area contributed by atoms with Crippen LogP contribution >= 0.6 is 11.8 Å². The average Bonchev–Trinajstić information content (AvgIpc) is 2.99. The molecule has 4 rings (SSSR count). The normalized spacial score (nSPS) is 11.5. The second-order valence-corrected chi connectivity index (χ2v) is 10.4. The Hall–Kier alpha value is -4.10. The molecular formula is C33H34N2O4S. The van der Waals surface area contributed by atoms with Crippen molar-refractivity contribution < 1.29 is 19.1 Å². The van der Waals surface area contributed by atoms with Crippen LogP contribution in [0.4, 0.5) is 0 Å². The number of nitrogens with zero attached hydrogens (tertiary/aromatic N) is 1. The summed E-state index contributed by atoms with van der Waals surface area (Å²) in [4.78, 5) is 30.5. The monoisotopic (exact) mass is 554 g/mol. The number of esters is 1. The lowest BCUT2D eigenvalue weighted by molar-refractivity contribution is -0.142. The van der Waals surface area contributed by atoms with Crippen molar-refractivity contribution >= 4 is 23.6 Å². The Morgan fingerprint density at radius 3 is 2.42 bits per heavy atom. The molecule has 0 radical (unpaired) electrons. The number of hydrogen-bond acceptors (Lipinski definition) is 6. The molecule has 1 heterocycles. The maximum atomic E-state index is 13.9. The van der Waals surface area contributed by atoms with Gasteiger partial charge in [0.1, 0.15) is 18.4 Å². The molecule has 7 heteroatoms. The number of amides is 1. The Balaban J connectivity index is 1.81. The fraction of sp³-hybridized carbons (Fsp3) is 0.242. The number of rotatable bonds is 12. The van der Waals surface area contributed by atoms with Gasteiger partial charge in [0, 0.05) is 11.8 Å². The summed E-state index contributed by atoms with van der Waals surface area (Å²) in [5.41, 5.74) is 6.33. The first kappa shape index (κ1) is 28.9. The molecule has 0 aliphatic heterocycles. The van der Waals surface area contributed by atoms with Crippen LogP contribution < -0.4 is 10.1 Å². The summed E-state index contributed by atoms with van der Waals surface area (Å²) >= 11 is 1.61. The van der Waals surface area contributed by atoms with Crippen molar-refractivity contribution in [1.29, 1.82) is 0 Å². The molecule has 3 aromatic carbocycles. The highest BCUT2D eigenvalue weighted by Gasteiger charge is 2.25. The van der Waals surface area contributed by atoms with Gasteiger partial charge < -0.3 is 14.8 Å². The van der Waals surface area contributed by atoms with E-state index in [2.05, 4.69) is 22.4 Å². The van der Waals surface area contributed by atoms with Crippen molar-refractivity contribution in [1.82, 2.24) is 10.3 Å². The summed E-state index contributed by atoms with van der Waals surface area (Å²) in [6.07, 6.45) is 6.45. The Labute approximate surface area is 240 Å². The van der Waals surface area contributed by atoms with Crippen molar-refractivity contribution in [2.75, 3.05) is 19.1 Å². The van der Waals surface area contributed by atoms with Gasteiger partial charge in [-0.05, 0) is 89.4 Å². The summed E-state index contributed by atoms with van der Waals surface area (Å²) < 4.78 is 11.1. The molecule has 4 aromatic rings. The van der Waals surface area contributed by atoms with E-state index in [1.165, 1.54) is 7.11 Å². The van der Waals surface area contributed by atoms with Crippen molar-refractivity contribution in [2.24, 2.45) is 0 Å². The molecule has 0 bridgehead atoms. The molecule has 0 aliphatic rings. The minimum absolute atomic E-state index is 0.313. The van der Waals surface area contributed by atoms with Crippen LogP contribution in [0.15, 0.2) is 91.3 Å². The van der Waals surface area contributed by atoms with Gasteiger partial charge in [-0.3, -0.25) is 9.78 Å². The van der Waals surface area contributed by atoms with Crippen LogP contribution in [0.25, 0.3) is 11.1 Å². The van der Waals surface area contributed by atoms with Crippen LogP contribution in [0.1, 0.15) is 39.0 Å². The average molecular weight is 555 g/mol. The third-order valence-electron chi connectivity index (χ3n) is 6.69. The standard InChI is InChI=1S/C33H34N2O4S/c1-23-10-7-8-14-28(23)29-20-26(22-39-27-13-9-16-34-21-27)25(18-24-11-5-4-6-12-24)19-30(29)32(36)35-31(15-17-40-3)33(37)38-2/h4-14,16,19-21,31H,15,17-18,22H2,1-3H3,(H,35,36)/t31-/m0/s1. The molecule has 0 unspecified atom stereocenters. The van der Waals surface area contributed by atoms with Crippen molar-refractivity contribution in [3.05, 3.63) is 119 Å². The zero-order valence-electron chi connectivity index (χ0n) is 23.1. The molecule has 0 saturated carbocycles. The highest BCUT2D eigenvalue weighted by atomic mass is 32.2. The van der Waals surface area contributed by atoms with Gasteiger partial charge in [-0.1, -0.05) is 54.6 Å². The summed E-state index contributed by atoms with van der Waals surface area (Å²) in [6.45, 7) is 2.34. The van der Waals surface area contributed by atoms with Gasteiger partial charge in [0.25, 0.3) is 5.91 Å². The van der Waals surface area contributed by atoms with E-state index in [1.807, 2.05) is 79.9 Å². The molecule has 206 valence electrons. The number of thioether (sulfide) groups is 1. The molecule has 0 spiro atoms. The highest BCUT2D eigenvalue weighted by molar-refractivity contribution is 7.98. The number of aryl methyl sites for hydroxylation is 1. The van der Waals surface area contributed by atoms with Crippen molar-refractivity contribution in [2.45, 2.75) is 32.4 Å². The van der Waals surface area contributed by atoms with E-state index in [9.17, 15) is 9.59 Å². The van der Waals surface area contributed by atoms with Gasteiger partial charge in [0.2, 0.25) is 0 Å². The molecule has 1 N–H and O–H groups in total. The van der Waals surface area contributed by atoms with Crippen LogP contribution in [-0.4, -0.2) is 42.0 Å². The fourth-order valence-electron chi connectivity index (χ4n) is 4.55. The number of aromatic nitrogens is 1. The molecular weight excluding hydrogens is 520 g/mol. The van der Waals surface area contributed by atoms with Crippen molar-refractivity contribution in [3.63, 3.8) is 0 Å². The largest absolute Gasteiger partial charge is 0.487 e. The number of hydrogen-bond donors (Lipinski definition) is 1. The lowest BCUT2D eigenvalue weighted by Gasteiger charge is -2.21. The number of nitrogens with one attached hydrogen (secondary N) is 1. The second kappa shape index (κ2) is 14.3. The summed E-state index contributed by atoms with van der Waals surface area (Å²) in [6, 6.07) is 25.0. The van der Waals surface area contributed by atoms with E-state index >= 15 is 0 Å². The first-order valence-corrected chi connectivity index (χ1v) is 14.6. The van der Waals surface area contributed by atoms with Gasteiger partial charge >= 0.3 is 5.97 Å². The predicted molar refractivity (Wildman–Crippen MR) is 161 cm³/mol. The minimum Gasteiger partial charge on any atom is -0.487 e. The van der Waals surface area contributed by atoms with E-state index in [1.54, 1.807) is 24.2 Å². The van der Waals surface area contributed by atoms with Gasteiger partial charge in [-0.2, -0.15) is 11.8 Å². The smallest absolute Gasteiger partial charge is 0.328 e. The minimum atomic E-state index is -0.735. The van der Waals surface area contributed by atoms with Gasteiger partial charge in [0.05, 0.1) is 13.3 Å². The lowest BCUT2D eigenvalue weighted by atomic mass is 9.89. The number of carbonyl (C=O) groups excluding carboxylic acids is 2. The van der Waals surface area contributed by atoms with E-state index in [0.717, 1.165) is 33.4 Å². The van der Waals surface area contributed by atoms with Crippen LogP contribution in [0.3, 0.4) is 0 Å². The van der Waals surface area contributed by atoms with Crippen LogP contribution in [0.2, 0.25) is 0 Å². The summed E-state index contributed by atoms with van der Waals surface area (Å²) in [5, 5.41) is 2.95. The Kier molecular flexibility index (Phi) is 10.4. The van der Waals surface area contributed by atoms with Gasteiger partial charge in [0.15, 0.2) is 0 Å². The number of benzene rings is 3. The second-order valence-electron chi connectivity index (χ2n) is 9.45. The molecule has 6 nitrogen and oxygen atoms in total. The summed E-state index contributed by atoms with van der Waals surface area (Å²) in [5.74, 6) is 0.617. The van der Waals surface area contributed by atoms with E-state index in [4.69, 9.17) is 9.47 Å². The molecule has 0 saturated heterocycles. The molecule has 40 heavy (non-hydrogen) atoms. The maximum absolute atomic E-state index is 13.9. The third kappa shape index (κ3) is 7.51. The van der Waals surface area contributed by atoms with E-state index in [-0.39, 0.29) is 5.91 Å². The summed E-state index contributed by atoms with van der Waals surface area (Å²) in [7, 11) is 1.34. The SMILES string of the molecule is COC(=O)[C@H](CCSC)NC(=O)c1cc(Cc2ccccc2)c(COc2cccnc2)cc1-c1ccccc1C. The predicted octanol–water partition coefficient (Wildman–Crippen LogP) is 6.25. The first-order valence-electron chi connectivity index (χ1n) is 13.2. The van der Waals surface area contributed by atoms with Crippen LogP contribution in [-0.2, 0) is 22.6 Å². The fourth-order valence-corrected chi connectivity index (χ4v) is 5.02. The Morgan fingerprint density at radius 1 is 0.950 bits per heavy atom. The lowest BCUT2D eigenvalue weighted by Crippen LogP contribution is -2.42. The molecule has 0 fully saturated rings. The number of methoxy groups -OCH3 is 1. The zero-order valence-corrected chi connectivity index (χ0v) is 23.9. The van der Waals surface area contributed by atoms with Gasteiger partial charge in [-0.15, -0.1) is 0 Å². The van der Waals surface area contributed by atoms with Crippen LogP contribution in [0, 0.1) is 6.92 Å². The quantitative estimate of drug-likeness (QED) is 0.209. The topological polar surface area (TPSA) is 77.5 Å². The number of pyridine rings is 1. The van der Waals surface area contributed by atoms with E-state index in [0.29, 0.717) is 36.5 Å². The Bertz CT molecular complexity index is 1430. The first-order chi connectivity index (χ1) is 19.5. The zero-order chi connectivity index (χ0) is 28.3. The highest BCUT2D eigenvalue weighted by Crippen LogP contribution is 2.32. The third-order valence-corrected chi connectivity index (χ3v) is 7.33. The number of carbonyl (C=O) groups is 2. The Morgan fingerprint density at radius 2 is 1.73 bits per heavy atom.